The average molecular weight is 346 g/mol. The van der Waals surface area contributed by atoms with Crippen molar-refractivity contribution in [2.24, 2.45) is 0 Å². The first kappa shape index (κ1) is 17.2. The van der Waals surface area contributed by atoms with E-state index in [0.29, 0.717) is 34.8 Å². The van der Waals surface area contributed by atoms with Gasteiger partial charge in [-0.3, -0.25) is 0 Å². The Morgan fingerprint density at radius 2 is 2.00 bits per heavy atom. The van der Waals surface area contributed by atoms with E-state index >= 15 is 0 Å². The second-order valence-corrected chi connectivity index (χ2v) is 5.93. The Kier molecular flexibility index (Phi) is 5.19. The zero-order chi connectivity index (χ0) is 17.8. The first-order valence-electron chi connectivity index (χ1n) is 7.98. The predicted octanol–water partition coefficient (Wildman–Crippen LogP) is 3.84. The van der Waals surface area contributed by atoms with Crippen molar-refractivity contribution in [3.63, 3.8) is 0 Å². The standard InChI is InChI=1S/C19H19FO5/c1-12(2)25-19(21)13-3-5-17(6-4-13)23-10-15-8-16(20)7-14-9-22-11-24-18(14)15/h3-8,12H,9-11H2,1-2H3. The monoisotopic (exact) mass is 346 g/mol. The van der Waals surface area contributed by atoms with Crippen molar-refractivity contribution in [2.75, 3.05) is 6.79 Å². The molecule has 0 radical (unpaired) electrons. The molecule has 0 unspecified atom stereocenters. The first-order valence-corrected chi connectivity index (χ1v) is 7.98. The van der Waals surface area contributed by atoms with Crippen LogP contribution in [0.5, 0.6) is 11.5 Å². The highest BCUT2D eigenvalue weighted by atomic mass is 19.1. The third-order valence-electron chi connectivity index (χ3n) is 3.58. The number of fused-ring (bicyclic) bond motifs is 1. The maximum atomic E-state index is 13.7. The fraction of sp³-hybridized carbons (Fsp3) is 0.316. The third kappa shape index (κ3) is 4.28. The molecule has 0 saturated heterocycles. The van der Waals surface area contributed by atoms with Gasteiger partial charge in [-0.1, -0.05) is 0 Å². The molecule has 132 valence electrons. The third-order valence-corrected chi connectivity index (χ3v) is 3.58. The van der Waals surface area contributed by atoms with Crippen LogP contribution in [0.4, 0.5) is 4.39 Å². The second kappa shape index (κ2) is 7.53. The summed E-state index contributed by atoms with van der Waals surface area (Å²) in [7, 11) is 0. The normalized spacial score (nSPS) is 13.1. The average Bonchev–Trinajstić information content (AvgIpc) is 2.59. The maximum absolute atomic E-state index is 13.7. The number of carbonyl (C=O) groups is 1. The summed E-state index contributed by atoms with van der Waals surface area (Å²) in [4.78, 5) is 11.8. The van der Waals surface area contributed by atoms with E-state index in [2.05, 4.69) is 0 Å². The SMILES string of the molecule is CC(C)OC(=O)c1ccc(OCc2cc(F)cc3c2OCOC3)cc1. The highest BCUT2D eigenvalue weighted by Crippen LogP contribution is 2.30. The van der Waals surface area contributed by atoms with Crippen molar-refractivity contribution in [2.45, 2.75) is 33.2 Å². The maximum Gasteiger partial charge on any atom is 0.338 e. The lowest BCUT2D eigenvalue weighted by atomic mass is 10.1. The number of ether oxygens (including phenoxy) is 4. The number of rotatable bonds is 5. The lowest BCUT2D eigenvalue weighted by molar-refractivity contribution is -0.0178. The summed E-state index contributed by atoms with van der Waals surface area (Å²) in [5.41, 5.74) is 1.72. The molecule has 0 atom stereocenters. The van der Waals surface area contributed by atoms with E-state index in [4.69, 9.17) is 18.9 Å². The van der Waals surface area contributed by atoms with Gasteiger partial charge in [0.1, 0.15) is 23.9 Å². The Morgan fingerprint density at radius 3 is 2.72 bits per heavy atom. The van der Waals surface area contributed by atoms with Gasteiger partial charge in [0.2, 0.25) is 0 Å². The zero-order valence-electron chi connectivity index (χ0n) is 14.1. The molecule has 3 rings (SSSR count). The minimum absolute atomic E-state index is 0.137. The van der Waals surface area contributed by atoms with Crippen molar-refractivity contribution in [1.29, 1.82) is 0 Å². The Morgan fingerprint density at radius 1 is 1.24 bits per heavy atom. The molecule has 25 heavy (non-hydrogen) atoms. The number of benzene rings is 2. The van der Waals surface area contributed by atoms with Crippen LogP contribution in [0.1, 0.15) is 35.3 Å². The summed E-state index contributed by atoms with van der Waals surface area (Å²) < 4.78 is 35.1. The molecule has 0 aliphatic carbocycles. The molecule has 5 nitrogen and oxygen atoms in total. The lowest BCUT2D eigenvalue weighted by Gasteiger charge is -2.21. The minimum atomic E-state index is -0.380. The summed E-state index contributed by atoms with van der Waals surface area (Å²) in [6.45, 7) is 4.19. The quantitative estimate of drug-likeness (QED) is 0.770. The van der Waals surface area contributed by atoms with E-state index in [0.717, 1.165) is 0 Å². The van der Waals surface area contributed by atoms with Gasteiger partial charge in [0.15, 0.2) is 6.79 Å². The molecule has 0 fully saturated rings. The van der Waals surface area contributed by atoms with Crippen LogP contribution >= 0.6 is 0 Å². The first-order chi connectivity index (χ1) is 12.0. The summed E-state index contributed by atoms with van der Waals surface area (Å²) in [5, 5.41) is 0. The van der Waals surface area contributed by atoms with Crippen LogP contribution in [0.2, 0.25) is 0 Å². The van der Waals surface area contributed by atoms with Gasteiger partial charge >= 0.3 is 5.97 Å². The fourth-order valence-corrected chi connectivity index (χ4v) is 2.49. The molecule has 0 amide bonds. The van der Waals surface area contributed by atoms with Crippen molar-refractivity contribution in [1.82, 2.24) is 0 Å². The van der Waals surface area contributed by atoms with Gasteiger partial charge in [0.05, 0.1) is 18.3 Å². The molecule has 1 heterocycles. The van der Waals surface area contributed by atoms with E-state index < -0.39 is 0 Å². The number of esters is 1. The summed E-state index contributed by atoms with van der Waals surface area (Å²) in [6.07, 6.45) is -0.174. The Hall–Kier alpha value is -2.60. The van der Waals surface area contributed by atoms with Gasteiger partial charge in [-0.05, 0) is 50.2 Å². The molecule has 1 aliphatic heterocycles. The molecule has 1 aliphatic rings. The van der Waals surface area contributed by atoms with Gasteiger partial charge in [-0.15, -0.1) is 0 Å². The van der Waals surface area contributed by atoms with Crippen molar-refractivity contribution >= 4 is 5.97 Å². The molecule has 2 aromatic carbocycles. The molecule has 0 saturated carbocycles. The van der Waals surface area contributed by atoms with E-state index in [1.54, 1.807) is 38.1 Å². The smallest absolute Gasteiger partial charge is 0.338 e. The van der Waals surface area contributed by atoms with Gasteiger partial charge < -0.3 is 18.9 Å². The largest absolute Gasteiger partial charge is 0.489 e. The van der Waals surface area contributed by atoms with Crippen molar-refractivity contribution in [3.8, 4) is 11.5 Å². The van der Waals surface area contributed by atoms with Gasteiger partial charge in [-0.25, -0.2) is 9.18 Å². The summed E-state index contributed by atoms with van der Waals surface area (Å²) in [6, 6.07) is 9.39. The lowest BCUT2D eigenvalue weighted by Crippen LogP contribution is -2.14. The van der Waals surface area contributed by atoms with Gasteiger partial charge in [-0.2, -0.15) is 0 Å². The van der Waals surface area contributed by atoms with E-state index in [-0.39, 0.29) is 31.3 Å². The van der Waals surface area contributed by atoms with Gasteiger partial charge in [0.25, 0.3) is 0 Å². The Balaban J connectivity index is 1.68. The number of hydrogen-bond acceptors (Lipinski definition) is 5. The second-order valence-electron chi connectivity index (χ2n) is 5.93. The van der Waals surface area contributed by atoms with E-state index in [9.17, 15) is 9.18 Å². The molecule has 0 aromatic heterocycles. The number of halogens is 1. The number of carbonyl (C=O) groups excluding carboxylic acids is 1. The van der Waals surface area contributed by atoms with Crippen LogP contribution in [0.15, 0.2) is 36.4 Å². The molecule has 6 heteroatoms. The molecule has 0 bridgehead atoms. The minimum Gasteiger partial charge on any atom is -0.489 e. The molecule has 0 spiro atoms. The van der Waals surface area contributed by atoms with Crippen molar-refractivity contribution in [3.05, 3.63) is 58.9 Å². The van der Waals surface area contributed by atoms with Crippen LogP contribution in [-0.4, -0.2) is 18.9 Å². The highest BCUT2D eigenvalue weighted by molar-refractivity contribution is 5.89. The Bertz CT molecular complexity index is 755. The van der Waals surface area contributed by atoms with Gasteiger partial charge in [0, 0.05) is 11.1 Å². The van der Waals surface area contributed by atoms with Crippen LogP contribution in [-0.2, 0) is 22.7 Å². The molecular weight excluding hydrogens is 327 g/mol. The molecule has 0 N–H and O–H groups in total. The number of hydrogen-bond donors (Lipinski definition) is 0. The topological polar surface area (TPSA) is 54.0 Å². The van der Waals surface area contributed by atoms with Crippen LogP contribution < -0.4 is 9.47 Å². The van der Waals surface area contributed by atoms with Crippen molar-refractivity contribution < 1.29 is 28.1 Å². The molecular formula is C19H19FO5. The summed E-state index contributed by atoms with van der Waals surface area (Å²) in [5.74, 6) is 0.420. The van der Waals surface area contributed by atoms with Crippen LogP contribution in [0.3, 0.4) is 0 Å². The van der Waals surface area contributed by atoms with Crippen LogP contribution in [0.25, 0.3) is 0 Å². The zero-order valence-corrected chi connectivity index (χ0v) is 14.1. The predicted molar refractivity (Wildman–Crippen MR) is 88.0 cm³/mol. The Labute approximate surface area is 145 Å². The fourth-order valence-electron chi connectivity index (χ4n) is 2.49. The van der Waals surface area contributed by atoms with E-state index in [1.807, 2.05) is 0 Å². The summed E-state index contributed by atoms with van der Waals surface area (Å²) >= 11 is 0. The van der Waals surface area contributed by atoms with E-state index in [1.165, 1.54) is 12.1 Å². The highest BCUT2D eigenvalue weighted by Gasteiger charge is 2.17. The molecule has 2 aromatic rings. The van der Waals surface area contributed by atoms with Crippen LogP contribution in [0, 0.1) is 5.82 Å².